The molecular weight excluding hydrogens is 340 g/mol. The minimum absolute atomic E-state index is 0.0727. The summed E-state index contributed by atoms with van der Waals surface area (Å²) in [7, 11) is 1.82. The summed E-state index contributed by atoms with van der Waals surface area (Å²) >= 11 is 0. The molecule has 27 heavy (non-hydrogen) atoms. The van der Waals surface area contributed by atoms with Crippen LogP contribution in [0.5, 0.6) is 5.75 Å². The maximum atomic E-state index is 5.76. The van der Waals surface area contributed by atoms with Crippen molar-refractivity contribution in [1.82, 2.24) is 15.5 Å². The van der Waals surface area contributed by atoms with Gasteiger partial charge in [-0.25, -0.2) is 0 Å². The Morgan fingerprint density at radius 3 is 2.52 bits per heavy atom. The number of aliphatic imine (C=N–C) groups is 1. The van der Waals surface area contributed by atoms with Gasteiger partial charge in [-0.3, -0.25) is 9.89 Å². The second-order valence-electron chi connectivity index (χ2n) is 7.63. The summed E-state index contributed by atoms with van der Waals surface area (Å²) in [5.41, 5.74) is 1.32. The maximum Gasteiger partial charge on any atom is 0.191 e. The molecule has 1 heterocycles. The molecule has 1 aliphatic heterocycles. The van der Waals surface area contributed by atoms with Crippen LogP contribution in [0.25, 0.3) is 0 Å². The molecular formula is C21H36N4O2. The Balaban J connectivity index is 1.59. The first-order valence-electron chi connectivity index (χ1n) is 9.98. The lowest BCUT2D eigenvalue weighted by molar-refractivity contribution is -0.00833. The largest absolute Gasteiger partial charge is 0.494 e. The normalized spacial score (nSPS) is 16.2. The third-order valence-corrected chi connectivity index (χ3v) is 4.93. The van der Waals surface area contributed by atoms with Gasteiger partial charge in [-0.15, -0.1) is 0 Å². The predicted molar refractivity (Wildman–Crippen MR) is 112 cm³/mol. The van der Waals surface area contributed by atoms with Crippen LogP contribution < -0.4 is 15.4 Å². The fraction of sp³-hybridized carbons (Fsp3) is 0.667. The van der Waals surface area contributed by atoms with E-state index in [1.54, 1.807) is 0 Å². The summed E-state index contributed by atoms with van der Waals surface area (Å²) in [6, 6.07) is 8.20. The monoisotopic (exact) mass is 376 g/mol. The van der Waals surface area contributed by atoms with Gasteiger partial charge in [0, 0.05) is 38.8 Å². The molecule has 6 nitrogen and oxygen atoms in total. The number of unbranched alkanes of at least 4 members (excludes halogenated alkanes) is 1. The third-order valence-electron chi connectivity index (χ3n) is 4.93. The summed E-state index contributed by atoms with van der Waals surface area (Å²) in [4.78, 5) is 6.80. The van der Waals surface area contributed by atoms with Gasteiger partial charge in [0.15, 0.2) is 5.96 Å². The zero-order chi connectivity index (χ0) is 19.5. The number of aryl methyl sites for hydroxylation is 1. The molecule has 2 N–H and O–H groups in total. The molecule has 0 spiro atoms. The van der Waals surface area contributed by atoms with Crippen LogP contribution in [-0.4, -0.2) is 69.4 Å². The maximum absolute atomic E-state index is 5.76. The summed E-state index contributed by atoms with van der Waals surface area (Å²) in [5, 5.41) is 6.85. The Morgan fingerprint density at radius 2 is 1.85 bits per heavy atom. The summed E-state index contributed by atoms with van der Waals surface area (Å²) < 4.78 is 11.2. The Morgan fingerprint density at radius 1 is 1.15 bits per heavy atom. The first-order chi connectivity index (χ1) is 13.0. The summed E-state index contributed by atoms with van der Waals surface area (Å²) in [6.07, 6.45) is 2.05. The molecule has 152 valence electrons. The number of rotatable bonds is 9. The standard InChI is InChI=1S/C21H36N4O2/c1-18-7-9-19(10-8-18)27-14-6-5-11-23-20(22-4)24-17-21(2,3)25-12-15-26-16-13-25/h7-10H,5-6,11-17H2,1-4H3,(H2,22,23,24). The van der Waals surface area contributed by atoms with E-state index >= 15 is 0 Å². The molecule has 0 radical (unpaired) electrons. The lowest BCUT2D eigenvalue weighted by atomic mass is 10.0. The molecule has 1 aliphatic rings. The number of nitrogens with zero attached hydrogens (tertiary/aromatic N) is 2. The van der Waals surface area contributed by atoms with Gasteiger partial charge in [-0.2, -0.15) is 0 Å². The topological polar surface area (TPSA) is 58.1 Å². The van der Waals surface area contributed by atoms with Crippen LogP contribution in [0.4, 0.5) is 0 Å². The molecule has 1 aromatic carbocycles. The summed E-state index contributed by atoms with van der Waals surface area (Å²) in [6.45, 7) is 12.7. The lowest BCUT2D eigenvalue weighted by Gasteiger charge is -2.41. The average molecular weight is 377 g/mol. The number of benzene rings is 1. The van der Waals surface area contributed by atoms with Crippen molar-refractivity contribution in [3.05, 3.63) is 29.8 Å². The van der Waals surface area contributed by atoms with Crippen molar-refractivity contribution in [3.63, 3.8) is 0 Å². The van der Waals surface area contributed by atoms with E-state index in [1.165, 1.54) is 5.56 Å². The van der Waals surface area contributed by atoms with Gasteiger partial charge in [0.05, 0.1) is 19.8 Å². The number of hydrogen-bond donors (Lipinski definition) is 2. The molecule has 2 rings (SSSR count). The van der Waals surface area contributed by atoms with Gasteiger partial charge in [0.25, 0.3) is 0 Å². The third kappa shape index (κ3) is 7.77. The van der Waals surface area contributed by atoms with Crippen molar-refractivity contribution >= 4 is 5.96 Å². The van der Waals surface area contributed by atoms with Crippen LogP contribution in [0, 0.1) is 6.92 Å². The molecule has 0 unspecified atom stereocenters. The molecule has 0 atom stereocenters. The van der Waals surface area contributed by atoms with Crippen LogP contribution in [0.2, 0.25) is 0 Å². The number of ether oxygens (including phenoxy) is 2. The number of nitrogens with one attached hydrogen (secondary N) is 2. The van der Waals surface area contributed by atoms with Gasteiger partial charge in [0.1, 0.15) is 5.75 Å². The van der Waals surface area contributed by atoms with E-state index in [0.29, 0.717) is 0 Å². The quantitative estimate of drug-likeness (QED) is 0.394. The van der Waals surface area contributed by atoms with Crippen LogP contribution in [0.3, 0.4) is 0 Å². The number of morpholine rings is 1. The van der Waals surface area contributed by atoms with Crippen molar-refractivity contribution in [2.45, 2.75) is 39.2 Å². The van der Waals surface area contributed by atoms with E-state index in [-0.39, 0.29) is 5.54 Å². The van der Waals surface area contributed by atoms with E-state index in [0.717, 1.165) is 70.6 Å². The molecule has 1 aromatic rings. The molecule has 0 saturated carbocycles. The van der Waals surface area contributed by atoms with Crippen molar-refractivity contribution in [3.8, 4) is 5.75 Å². The average Bonchev–Trinajstić information content (AvgIpc) is 2.69. The minimum atomic E-state index is 0.0727. The van der Waals surface area contributed by atoms with E-state index in [4.69, 9.17) is 9.47 Å². The van der Waals surface area contributed by atoms with Crippen LogP contribution in [0.15, 0.2) is 29.3 Å². The molecule has 0 aromatic heterocycles. The first kappa shape index (κ1) is 21.5. The smallest absolute Gasteiger partial charge is 0.191 e. The van der Waals surface area contributed by atoms with Crippen molar-refractivity contribution in [1.29, 1.82) is 0 Å². The van der Waals surface area contributed by atoms with E-state index in [1.807, 2.05) is 19.2 Å². The van der Waals surface area contributed by atoms with Crippen molar-refractivity contribution in [2.24, 2.45) is 4.99 Å². The zero-order valence-electron chi connectivity index (χ0n) is 17.4. The first-order valence-corrected chi connectivity index (χ1v) is 9.98. The second-order valence-corrected chi connectivity index (χ2v) is 7.63. The highest BCUT2D eigenvalue weighted by molar-refractivity contribution is 5.79. The van der Waals surface area contributed by atoms with Gasteiger partial charge < -0.3 is 20.1 Å². The Kier molecular flexibility index (Phi) is 8.88. The minimum Gasteiger partial charge on any atom is -0.494 e. The van der Waals surface area contributed by atoms with E-state index < -0.39 is 0 Å². The molecule has 0 aliphatic carbocycles. The van der Waals surface area contributed by atoms with Crippen molar-refractivity contribution in [2.75, 3.05) is 53.0 Å². The fourth-order valence-corrected chi connectivity index (χ4v) is 3.06. The highest BCUT2D eigenvalue weighted by atomic mass is 16.5. The van der Waals surface area contributed by atoms with Gasteiger partial charge in [-0.1, -0.05) is 17.7 Å². The Labute approximate surface area is 164 Å². The van der Waals surface area contributed by atoms with Crippen LogP contribution in [-0.2, 0) is 4.74 Å². The van der Waals surface area contributed by atoms with E-state index in [9.17, 15) is 0 Å². The van der Waals surface area contributed by atoms with E-state index in [2.05, 4.69) is 53.4 Å². The Hall–Kier alpha value is -1.79. The molecule has 6 heteroatoms. The van der Waals surface area contributed by atoms with Crippen LogP contribution in [0.1, 0.15) is 32.3 Å². The number of hydrogen-bond acceptors (Lipinski definition) is 4. The highest BCUT2D eigenvalue weighted by Crippen LogP contribution is 2.15. The van der Waals surface area contributed by atoms with Crippen LogP contribution >= 0.6 is 0 Å². The predicted octanol–water partition coefficient (Wildman–Crippen LogP) is 2.43. The Bertz CT molecular complexity index is 566. The van der Waals surface area contributed by atoms with Gasteiger partial charge in [0.2, 0.25) is 0 Å². The molecule has 1 fully saturated rings. The number of guanidine groups is 1. The molecule has 0 bridgehead atoms. The van der Waals surface area contributed by atoms with Gasteiger partial charge in [-0.05, 0) is 45.7 Å². The SMILES string of the molecule is CN=C(NCCCCOc1ccc(C)cc1)NCC(C)(C)N1CCOCC1. The second kappa shape index (κ2) is 11.1. The fourth-order valence-electron chi connectivity index (χ4n) is 3.06. The van der Waals surface area contributed by atoms with Gasteiger partial charge >= 0.3 is 0 Å². The van der Waals surface area contributed by atoms with Crippen molar-refractivity contribution < 1.29 is 9.47 Å². The molecule has 1 saturated heterocycles. The summed E-state index contributed by atoms with van der Waals surface area (Å²) in [5.74, 6) is 1.80. The molecule has 0 amide bonds. The highest BCUT2D eigenvalue weighted by Gasteiger charge is 2.28. The zero-order valence-corrected chi connectivity index (χ0v) is 17.4. The lowest BCUT2D eigenvalue weighted by Crippen LogP contribution is -2.56.